The van der Waals surface area contributed by atoms with Crippen molar-refractivity contribution in [1.29, 1.82) is 5.26 Å². The molecule has 0 saturated heterocycles. The molecule has 96 valence electrons. The summed E-state index contributed by atoms with van der Waals surface area (Å²) in [6.07, 6.45) is 1.53. The fourth-order valence-corrected chi connectivity index (χ4v) is 1.64. The highest BCUT2D eigenvalue weighted by atomic mass is 35.5. The first-order chi connectivity index (χ1) is 9.10. The van der Waals surface area contributed by atoms with Crippen molar-refractivity contribution in [1.82, 2.24) is 4.98 Å². The molecule has 19 heavy (non-hydrogen) atoms. The molecule has 0 aliphatic rings. The van der Waals surface area contributed by atoms with Gasteiger partial charge in [0.1, 0.15) is 6.07 Å². The van der Waals surface area contributed by atoms with Gasteiger partial charge in [-0.15, -0.1) is 0 Å². The van der Waals surface area contributed by atoms with Gasteiger partial charge < -0.3 is 4.42 Å². The van der Waals surface area contributed by atoms with Gasteiger partial charge in [-0.3, -0.25) is 0 Å². The van der Waals surface area contributed by atoms with Crippen molar-refractivity contribution in [2.75, 3.05) is 5.43 Å². The van der Waals surface area contributed by atoms with E-state index < -0.39 is 0 Å². The number of nitrogens with zero attached hydrogens (tertiary/aromatic N) is 3. The van der Waals surface area contributed by atoms with Crippen molar-refractivity contribution in [3.63, 3.8) is 0 Å². The molecule has 0 aliphatic heterocycles. The van der Waals surface area contributed by atoms with Crippen LogP contribution in [-0.4, -0.2) is 11.2 Å². The quantitative estimate of drug-likeness (QED) is 0.693. The summed E-state index contributed by atoms with van der Waals surface area (Å²) in [6.45, 7) is 1.65. The Kier molecular flexibility index (Phi) is 4.05. The van der Waals surface area contributed by atoms with Gasteiger partial charge in [0.2, 0.25) is 5.69 Å². The van der Waals surface area contributed by atoms with Crippen molar-refractivity contribution < 1.29 is 4.42 Å². The predicted octanol–water partition coefficient (Wildman–Crippen LogP) is 3.61. The average molecular weight is 295 g/mol. The molecule has 0 fully saturated rings. The van der Waals surface area contributed by atoms with Crippen molar-refractivity contribution in [3.05, 3.63) is 45.4 Å². The molecule has 0 amide bonds. The number of aromatic nitrogens is 1. The summed E-state index contributed by atoms with van der Waals surface area (Å²) in [5.74, 6) is 0.597. The van der Waals surface area contributed by atoms with Crippen LogP contribution in [0.2, 0.25) is 10.0 Å². The topological polar surface area (TPSA) is 74.2 Å². The Morgan fingerprint density at radius 2 is 2.21 bits per heavy atom. The standard InChI is InChI=1S/C12H8Cl2N4O/c1-7-17-11(5-15)12(19-7)18-16-6-8-2-3-9(13)10(14)4-8/h2-4,6,18H,1H3. The van der Waals surface area contributed by atoms with Crippen LogP contribution in [0, 0.1) is 18.3 Å². The highest BCUT2D eigenvalue weighted by Gasteiger charge is 2.08. The monoisotopic (exact) mass is 294 g/mol. The van der Waals surface area contributed by atoms with Gasteiger partial charge in [0.05, 0.1) is 16.3 Å². The Hall–Kier alpha value is -2.03. The van der Waals surface area contributed by atoms with Gasteiger partial charge in [-0.1, -0.05) is 29.3 Å². The first-order valence-corrected chi connectivity index (χ1v) is 5.97. The Morgan fingerprint density at radius 3 is 2.89 bits per heavy atom. The van der Waals surface area contributed by atoms with Gasteiger partial charge >= 0.3 is 0 Å². The molecule has 1 heterocycles. The van der Waals surface area contributed by atoms with Crippen molar-refractivity contribution in [2.24, 2.45) is 5.10 Å². The van der Waals surface area contributed by atoms with Crippen LogP contribution >= 0.6 is 23.2 Å². The van der Waals surface area contributed by atoms with Crippen LogP contribution in [0.4, 0.5) is 5.88 Å². The van der Waals surface area contributed by atoms with Gasteiger partial charge in [0, 0.05) is 6.92 Å². The van der Waals surface area contributed by atoms with E-state index in [1.807, 2.05) is 6.07 Å². The van der Waals surface area contributed by atoms with Crippen LogP contribution in [0.25, 0.3) is 0 Å². The number of benzene rings is 1. The third kappa shape index (κ3) is 3.25. The maximum absolute atomic E-state index is 8.82. The zero-order valence-corrected chi connectivity index (χ0v) is 11.3. The number of hydrogen-bond acceptors (Lipinski definition) is 5. The normalized spacial score (nSPS) is 10.6. The second-order valence-electron chi connectivity index (χ2n) is 3.57. The summed E-state index contributed by atoms with van der Waals surface area (Å²) in [5.41, 5.74) is 3.53. The molecular weight excluding hydrogens is 287 g/mol. The maximum Gasteiger partial charge on any atom is 0.252 e. The molecule has 1 aromatic carbocycles. The molecule has 2 aromatic rings. The van der Waals surface area contributed by atoms with Crippen LogP contribution in [0.3, 0.4) is 0 Å². The summed E-state index contributed by atoms with van der Waals surface area (Å²) >= 11 is 11.7. The van der Waals surface area contributed by atoms with E-state index in [0.717, 1.165) is 5.56 Å². The van der Waals surface area contributed by atoms with E-state index in [4.69, 9.17) is 32.9 Å². The fourth-order valence-electron chi connectivity index (χ4n) is 1.34. The van der Waals surface area contributed by atoms with Crippen LogP contribution in [0.15, 0.2) is 27.7 Å². The fraction of sp³-hybridized carbons (Fsp3) is 0.0833. The number of rotatable bonds is 3. The van der Waals surface area contributed by atoms with Crippen molar-refractivity contribution in [2.45, 2.75) is 6.92 Å². The van der Waals surface area contributed by atoms with Crippen molar-refractivity contribution >= 4 is 35.3 Å². The number of halogens is 2. The third-order valence-corrected chi connectivity index (χ3v) is 2.90. The molecule has 0 spiro atoms. The number of anilines is 1. The lowest BCUT2D eigenvalue weighted by atomic mass is 10.2. The van der Waals surface area contributed by atoms with Crippen LogP contribution in [0.5, 0.6) is 0 Å². The number of aryl methyl sites for hydroxylation is 1. The van der Waals surface area contributed by atoms with Crippen LogP contribution < -0.4 is 5.43 Å². The van der Waals surface area contributed by atoms with E-state index in [2.05, 4.69) is 15.5 Å². The van der Waals surface area contributed by atoms with E-state index >= 15 is 0 Å². The van der Waals surface area contributed by atoms with Crippen LogP contribution in [-0.2, 0) is 0 Å². The summed E-state index contributed by atoms with van der Waals surface area (Å²) in [4.78, 5) is 3.88. The Bertz CT molecular complexity index is 673. The lowest BCUT2D eigenvalue weighted by Gasteiger charge is -1.97. The molecule has 0 saturated carbocycles. The van der Waals surface area contributed by atoms with Crippen molar-refractivity contribution in [3.8, 4) is 6.07 Å². The zero-order valence-electron chi connectivity index (χ0n) is 9.82. The molecule has 2 rings (SSSR count). The number of nitrogens with one attached hydrogen (secondary N) is 1. The minimum Gasteiger partial charge on any atom is -0.422 e. The maximum atomic E-state index is 8.82. The lowest BCUT2D eigenvalue weighted by Crippen LogP contribution is -1.91. The molecule has 0 atom stereocenters. The molecule has 1 N–H and O–H groups in total. The average Bonchev–Trinajstić information content (AvgIpc) is 2.74. The number of hydrazone groups is 1. The minimum atomic E-state index is 0.156. The lowest BCUT2D eigenvalue weighted by molar-refractivity contribution is 0.533. The molecule has 1 aromatic heterocycles. The Labute approximate surface area is 119 Å². The second kappa shape index (κ2) is 5.74. The third-order valence-electron chi connectivity index (χ3n) is 2.16. The highest BCUT2D eigenvalue weighted by Crippen LogP contribution is 2.22. The van der Waals surface area contributed by atoms with Gasteiger partial charge in [-0.25, -0.2) is 10.4 Å². The van der Waals surface area contributed by atoms with Gasteiger partial charge in [0.25, 0.3) is 5.88 Å². The number of hydrogen-bond donors (Lipinski definition) is 1. The van der Waals surface area contributed by atoms with Gasteiger partial charge in [0.15, 0.2) is 5.89 Å². The highest BCUT2D eigenvalue weighted by molar-refractivity contribution is 6.42. The minimum absolute atomic E-state index is 0.156. The largest absolute Gasteiger partial charge is 0.422 e. The summed E-state index contributed by atoms with van der Waals surface area (Å²) in [7, 11) is 0. The molecule has 0 radical (unpaired) electrons. The first-order valence-electron chi connectivity index (χ1n) is 5.22. The van der Waals surface area contributed by atoms with E-state index in [-0.39, 0.29) is 11.6 Å². The van der Waals surface area contributed by atoms with Crippen LogP contribution in [0.1, 0.15) is 17.1 Å². The molecule has 0 bridgehead atoms. The van der Waals surface area contributed by atoms with E-state index in [9.17, 15) is 0 Å². The smallest absolute Gasteiger partial charge is 0.252 e. The molecule has 5 nitrogen and oxygen atoms in total. The molecule has 0 unspecified atom stereocenters. The second-order valence-corrected chi connectivity index (χ2v) is 4.38. The summed E-state index contributed by atoms with van der Waals surface area (Å²) in [6, 6.07) is 7.01. The predicted molar refractivity (Wildman–Crippen MR) is 73.6 cm³/mol. The Balaban J connectivity index is 2.11. The SMILES string of the molecule is Cc1nc(C#N)c(NN=Cc2ccc(Cl)c(Cl)c2)o1. The van der Waals surface area contributed by atoms with Gasteiger partial charge in [-0.2, -0.15) is 10.4 Å². The van der Waals surface area contributed by atoms with E-state index in [1.165, 1.54) is 6.21 Å². The molecule has 7 heteroatoms. The Morgan fingerprint density at radius 1 is 1.42 bits per heavy atom. The summed E-state index contributed by atoms with van der Waals surface area (Å²) < 4.78 is 5.18. The number of oxazole rings is 1. The van der Waals surface area contributed by atoms with E-state index in [1.54, 1.807) is 25.1 Å². The van der Waals surface area contributed by atoms with E-state index in [0.29, 0.717) is 15.9 Å². The number of nitriles is 1. The van der Waals surface area contributed by atoms with Gasteiger partial charge in [-0.05, 0) is 17.7 Å². The molecule has 0 aliphatic carbocycles. The first kappa shape index (κ1) is 13.4. The molecular formula is C12H8Cl2N4O. The summed E-state index contributed by atoms with van der Waals surface area (Å²) in [5, 5.41) is 13.7. The zero-order chi connectivity index (χ0) is 13.8.